The first kappa shape index (κ1) is 7.08. The van der Waals surface area contributed by atoms with Crippen molar-refractivity contribution >= 4 is 0 Å². The van der Waals surface area contributed by atoms with Gasteiger partial charge in [0.15, 0.2) is 0 Å². The minimum Gasteiger partial charge on any atom is -0.381 e. The smallest absolute Gasteiger partial charge is 0.0997 e. The second-order valence-corrected chi connectivity index (χ2v) is 3.20. The van der Waals surface area contributed by atoms with Gasteiger partial charge in [-0.25, -0.2) is 0 Å². The molecule has 2 rings (SSSR count). The van der Waals surface area contributed by atoms with E-state index in [1.165, 1.54) is 0 Å². The number of epoxide rings is 1. The Bertz CT molecular complexity index is 187. The number of rotatable bonds is 1. The zero-order valence-electron chi connectivity index (χ0n) is 6.38. The highest BCUT2D eigenvalue weighted by atomic mass is 16.6. The van der Waals surface area contributed by atoms with Gasteiger partial charge in [0.2, 0.25) is 0 Å². The molecule has 2 aliphatic heterocycles. The monoisotopic (exact) mass is 153 g/mol. The second kappa shape index (κ2) is 2.47. The first-order valence-electron chi connectivity index (χ1n) is 3.98. The summed E-state index contributed by atoms with van der Waals surface area (Å²) in [4.78, 5) is 0. The lowest BCUT2D eigenvalue weighted by Crippen LogP contribution is -2.33. The Morgan fingerprint density at radius 2 is 2.00 bits per heavy atom. The Kier molecular flexibility index (Phi) is 1.59. The lowest BCUT2D eigenvalue weighted by molar-refractivity contribution is 0.0281. The molecule has 0 amide bonds. The van der Waals surface area contributed by atoms with Gasteiger partial charge in [-0.05, 0) is 12.8 Å². The second-order valence-electron chi connectivity index (χ2n) is 3.20. The van der Waals surface area contributed by atoms with Gasteiger partial charge in [0.25, 0.3) is 0 Å². The third-order valence-electron chi connectivity index (χ3n) is 2.56. The van der Waals surface area contributed by atoms with Gasteiger partial charge >= 0.3 is 0 Å². The first-order valence-corrected chi connectivity index (χ1v) is 3.98. The van der Waals surface area contributed by atoms with Crippen LogP contribution in [0.3, 0.4) is 0 Å². The van der Waals surface area contributed by atoms with Crippen LogP contribution in [0.2, 0.25) is 0 Å². The molecule has 2 fully saturated rings. The highest BCUT2D eigenvalue weighted by molar-refractivity contribution is 5.08. The molecule has 11 heavy (non-hydrogen) atoms. The average molecular weight is 153 g/mol. The number of nitriles is 1. The fourth-order valence-corrected chi connectivity index (χ4v) is 1.61. The van der Waals surface area contributed by atoms with Gasteiger partial charge < -0.3 is 9.47 Å². The summed E-state index contributed by atoms with van der Waals surface area (Å²) < 4.78 is 10.4. The van der Waals surface area contributed by atoms with E-state index in [0.717, 1.165) is 19.4 Å². The van der Waals surface area contributed by atoms with Crippen LogP contribution in [0, 0.1) is 16.7 Å². The van der Waals surface area contributed by atoms with Crippen LogP contribution >= 0.6 is 0 Å². The summed E-state index contributed by atoms with van der Waals surface area (Å²) in [6.07, 6.45) is 1.89. The average Bonchev–Trinajstić information content (AvgIpc) is 2.88. The molecule has 3 heteroatoms. The van der Waals surface area contributed by atoms with Crippen molar-refractivity contribution in [2.45, 2.75) is 18.9 Å². The fourth-order valence-electron chi connectivity index (χ4n) is 1.61. The molecule has 0 radical (unpaired) electrons. The van der Waals surface area contributed by atoms with Crippen molar-refractivity contribution < 1.29 is 9.47 Å². The molecular weight excluding hydrogens is 142 g/mol. The van der Waals surface area contributed by atoms with Crippen LogP contribution in [0.15, 0.2) is 0 Å². The Morgan fingerprint density at radius 3 is 2.45 bits per heavy atom. The van der Waals surface area contributed by atoms with Gasteiger partial charge in [0, 0.05) is 13.2 Å². The van der Waals surface area contributed by atoms with Crippen LogP contribution in [0.5, 0.6) is 0 Å². The summed E-state index contributed by atoms with van der Waals surface area (Å²) in [5.74, 6) is 0. The van der Waals surface area contributed by atoms with Crippen LogP contribution < -0.4 is 0 Å². The molecule has 0 spiro atoms. The minimum absolute atomic E-state index is 0.205. The molecule has 0 N–H and O–H groups in total. The molecule has 3 nitrogen and oxygen atoms in total. The largest absolute Gasteiger partial charge is 0.381 e. The van der Waals surface area contributed by atoms with Gasteiger partial charge in [0.05, 0.1) is 24.2 Å². The number of ether oxygens (including phenoxy) is 2. The molecule has 0 aromatic heterocycles. The van der Waals surface area contributed by atoms with E-state index in [0.29, 0.717) is 13.2 Å². The highest BCUT2D eigenvalue weighted by Gasteiger charge is 2.48. The number of hydrogen-bond acceptors (Lipinski definition) is 3. The quantitative estimate of drug-likeness (QED) is 0.521. The van der Waals surface area contributed by atoms with Gasteiger partial charge in [-0.1, -0.05) is 0 Å². The molecule has 1 unspecified atom stereocenters. The summed E-state index contributed by atoms with van der Waals surface area (Å²) in [6, 6.07) is 2.37. The zero-order valence-corrected chi connectivity index (χ0v) is 6.38. The van der Waals surface area contributed by atoms with Gasteiger partial charge in [-0.2, -0.15) is 5.26 Å². The molecule has 2 heterocycles. The van der Waals surface area contributed by atoms with E-state index in [4.69, 9.17) is 14.7 Å². The minimum atomic E-state index is -0.210. The molecule has 0 aliphatic carbocycles. The molecule has 0 bridgehead atoms. The van der Waals surface area contributed by atoms with E-state index in [1.54, 1.807) is 0 Å². The summed E-state index contributed by atoms with van der Waals surface area (Å²) in [5.41, 5.74) is -0.210. The molecule has 2 saturated heterocycles. The maximum Gasteiger partial charge on any atom is 0.0997 e. The zero-order chi connectivity index (χ0) is 7.73. The van der Waals surface area contributed by atoms with Gasteiger partial charge in [-0.3, -0.25) is 0 Å². The predicted octanol–water partition coefficient (Wildman–Crippen LogP) is 0.706. The third kappa shape index (κ3) is 1.13. The maximum atomic E-state index is 8.97. The third-order valence-corrected chi connectivity index (χ3v) is 2.56. The van der Waals surface area contributed by atoms with E-state index >= 15 is 0 Å². The van der Waals surface area contributed by atoms with E-state index in [-0.39, 0.29) is 11.5 Å². The Labute approximate surface area is 65.9 Å². The SMILES string of the molecule is N#CC1(C2CO2)CCOCC1. The molecule has 2 aliphatic rings. The van der Waals surface area contributed by atoms with Crippen molar-refractivity contribution in [3.8, 4) is 6.07 Å². The van der Waals surface area contributed by atoms with Crippen molar-refractivity contribution in [3.05, 3.63) is 0 Å². The van der Waals surface area contributed by atoms with Crippen LogP contribution in [0.25, 0.3) is 0 Å². The summed E-state index contributed by atoms with van der Waals surface area (Å²) in [6.45, 7) is 2.20. The van der Waals surface area contributed by atoms with Crippen LogP contribution in [0.1, 0.15) is 12.8 Å². The van der Waals surface area contributed by atoms with E-state index < -0.39 is 0 Å². The lowest BCUT2D eigenvalue weighted by Gasteiger charge is -2.28. The van der Waals surface area contributed by atoms with Crippen molar-refractivity contribution in [2.24, 2.45) is 5.41 Å². The van der Waals surface area contributed by atoms with E-state index in [9.17, 15) is 0 Å². The van der Waals surface area contributed by atoms with Crippen molar-refractivity contribution in [1.29, 1.82) is 5.26 Å². The summed E-state index contributed by atoms with van der Waals surface area (Å²) in [5, 5.41) is 8.97. The molecule has 60 valence electrons. The van der Waals surface area contributed by atoms with E-state index in [1.807, 2.05) is 0 Å². The molecule has 0 saturated carbocycles. The van der Waals surface area contributed by atoms with Crippen molar-refractivity contribution in [3.63, 3.8) is 0 Å². The van der Waals surface area contributed by atoms with E-state index in [2.05, 4.69) is 6.07 Å². The Hall–Kier alpha value is -0.590. The molecular formula is C8H11NO2. The van der Waals surface area contributed by atoms with Gasteiger partial charge in [0.1, 0.15) is 0 Å². The maximum absolute atomic E-state index is 8.97. The molecule has 0 aromatic carbocycles. The van der Waals surface area contributed by atoms with Crippen LogP contribution in [-0.4, -0.2) is 25.9 Å². The standard InChI is InChI=1S/C8H11NO2/c9-6-8(7-5-11-7)1-3-10-4-2-8/h7H,1-5H2. The normalized spacial score (nSPS) is 34.3. The number of nitrogens with zero attached hydrogens (tertiary/aromatic N) is 1. The highest BCUT2D eigenvalue weighted by Crippen LogP contribution is 2.40. The van der Waals surface area contributed by atoms with Crippen molar-refractivity contribution in [1.82, 2.24) is 0 Å². The summed E-state index contributed by atoms with van der Waals surface area (Å²) in [7, 11) is 0. The fraction of sp³-hybridized carbons (Fsp3) is 0.875. The Balaban J connectivity index is 2.08. The lowest BCUT2D eigenvalue weighted by atomic mass is 9.79. The predicted molar refractivity (Wildman–Crippen MR) is 37.8 cm³/mol. The molecule has 0 aromatic rings. The number of hydrogen-bond donors (Lipinski definition) is 0. The molecule has 1 atom stereocenters. The summed E-state index contributed by atoms with van der Waals surface area (Å²) >= 11 is 0. The first-order chi connectivity index (χ1) is 5.37. The topological polar surface area (TPSA) is 45.5 Å². The Morgan fingerprint density at radius 1 is 1.36 bits per heavy atom. The van der Waals surface area contributed by atoms with Gasteiger partial charge in [-0.15, -0.1) is 0 Å². The van der Waals surface area contributed by atoms with Crippen LogP contribution in [-0.2, 0) is 9.47 Å². The van der Waals surface area contributed by atoms with Crippen molar-refractivity contribution in [2.75, 3.05) is 19.8 Å². The van der Waals surface area contributed by atoms with Crippen LogP contribution in [0.4, 0.5) is 0 Å².